The third-order valence-electron chi connectivity index (χ3n) is 3.56. The molecule has 1 aliphatic heterocycles. The topological polar surface area (TPSA) is 110 Å². The van der Waals surface area contributed by atoms with E-state index in [1.165, 1.54) is 12.5 Å². The molecule has 3 N–H and O–H groups in total. The van der Waals surface area contributed by atoms with E-state index in [-0.39, 0.29) is 5.69 Å². The molecule has 116 valence electrons. The molecule has 1 aliphatic rings. The summed E-state index contributed by atoms with van der Waals surface area (Å²) in [7, 11) is 2.08. The first-order chi connectivity index (χ1) is 10.6. The third kappa shape index (κ3) is 3.14. The summed E-state index contributed by atoms with van der Waals surface area (Å²) < 4.78 is 0. The third-order valence-corrected chi connectivity index (χ3v) is 3.56. The van der Waals surface area contributed by atoms with E-state index in [0.717, 1.165) is 32.0 Å². The molecule has 22 heavy (non-hydrogen) atoms. The van der Waals surface area contributed by atoms with Gasteiger partial charge in [-0.3, -0.25) is 4.79 Å². The maximum absolute atomic E-state index is 12.0. The zero-order valence-corrected chi connectivity index (χ0v) is 12.2. The van der Waals surface area contributed by atoms with E-state index >= 15 is 0 Å². The molecule has 2 aromatic rings. The fourth-order valence-corrected chi connectivity index (χ4v) is 2.26. The van der Waals surface area contributed by atoms with Crippen molar-refractivity contribution in [2.45, 2.75) is 0 Å². The molecule has 9 nitrogen and oxygen atoms in total. The van der Waals surface area contributed by atoms with Gasteiger partial charge in [-0.25, -0.2) is 14.8 Å². The molecule has 0 radical (unpaired) electrons. The fourth-order valence-electron chi connectivity index (χ4n) is 2.26. The molecule has 1 fully saturated rings. The van der Waals surface area contributed by atoms with Crippen molar-refractivity contribution in [1.82, 2.24) is 24.8 Å². The van der Waals surface area contributed by atoms with Gasteiger partial charge >= 0.3 is 5.69 Å². The molecule has 0 aromatic carbocycles. The van der Waals surface area contributed by atoms with E-state index in [4.69, 9.17) is 0 Å². The Bertz CT molecular complexity index is 715. The van der Waals surface area contributed by atoms with Gasteiger partial charge in [0.1, 0.15) is 23.7 Å². The second-order valence-corrected chi connectivity index (χ2v) is 5.16. The lowest BCUT2D eigenvalue weighted by Crippen LogP contribution is -2.44. The highest BCUT2D eigenvalue weighted by atomic mass is 16.2. The first-order valence-corrected chi connectivity index (χ1v) is 6.96. The van der Waals surface area contributed by atoms with Gasteiger partial charge in [0.15, 0.2) is 0 Å². The Morgan fingerprint density at radius 3 is 2.73 bits per heavy atom. The summed E-state index contributed by atoms with van der Waals surface area (Å²) in [6, 6.07) is 1.73. The van der Waals surface area contributed by atoms with Gasteiger partial charge in [-0.1, -0.05) is 0 Å². The Morgan fingerprint density at radius 1 is 1.27 bits per heavy atom. The monoisotopic (exact) mass is 303 g/mol. The first kappa shape index (κ1) is 14.3. The van der Waals surface area contributed by atoms with E-state index in [9.17, 15) is 9.59 Å². The van der Waals surface area contributed by atoms with Gasteiger partial charge in [0.05, 0.1) is 0 Å². The minimum atomic E-state index is -0.429. The van der Waals surface area contributed by atoms with E-state index in [1.807, 2.05) is 0 Å². The summed E-state index contributed by atoms with van der Waals surface area (Å²) >= 11 is 0. The molecule has 1 saturated heterocycles. The number of rotatable bonds is 3. The molecular formula is C13H17N7O2. The summed E-state index contributed by atoms with van der Waals surface area (Å²) in [5.74, 6) is 0.748. The molecule has 0 atom stereocenters. The lowest BCUT2D eigenvalue weighted by atomic mass is 10.3. The smallest absolute Gasteiger partial charge is 0.323 e. The molecule has 3 heterocycles. The lowest BCUT2D eigenvalue weighted by Gasteiger charge is -2.33. The Balaban J connectivity index is 1.71. The van der Waals surface area contributed by atoms with Gasteiger partial charge in [-0.05, 0) is 7.05 Å². The highest BCUT2D eigenvalue weighted by Crippen LogP contribution is 2.16. The number of amides is 1. The number of aromatic nitrogens is 4. The largest absolute Gasteiger partial charge is 0.354 e. The number of hydrogen-bond donors (Lipinski definition) is 3. The van der Waals surface area contributed by atoms with E-state index in [2.05, 4.69) is 42.1 Å². The van der Waals surface area contributed by atoms with Crippen LogP contribution in [-0.2, 0) is 0 Å². The maximum Gasteiger partial charge on any atom is 0.323 e. The molecule has 1 amide bonds. The van der Waals surface area contributed by atoms with Gasteiger partial charge < -0.3 is 25.1 Å². The number of likely N-dealkylation sites (N-methyl/N-ethyl adjacent to an activating group) is 1. The van der Waals surface area contributed by atoms with Crippen LogP contribution in [0.4, 0.5) is 11.6 Å². The van der Waals surface area contributed by atoms with Crippen molar-refractivity contribution >= 4 is 17.5 Å². The molecule has 0 unspecified atom stereocenters. The summed E-state index contributed by atoms with van der Waals surface area (Å²) in [5, 5.41) is 2.64. The summed E-state index contributed by atoms with van der Waals surface area (Å²) in [5.41, 5.74) is -0.268. The summed E-state index contributed by atoms with van der Waals surface area (Å²) in [6.45, 7) is 3.70. The van der Waals surface area contributed by atoms with Crippen LogP contribution in [0.15, 0.2) is 23.4 Å². The first-order valence-electron chi connectivity index (χ1n) is 6.96. The van der Waals surface area contributed by atoms with E-state index in [1.54, 1.807) is 6.07 Å². The average molecular weight is 303 g/mol. The Kier molecular flexibility index (Phi) is 3.88. The predicted octanol–water partition coefficient (Wildman–Crippen LogP) is -0.503. The van der Waals surface area contributed by atoms with Crippen molar-refractivity contribution in [3.63, 3.8) is 0 Å². The molecule has 9 heteroatoms. The molecule has 0 aliphatic carbocycles. The average Bonchev–Trinajstić information content (AvgIpc) is 2.95. The summed E-state index contributed by atoms with van der Waals surface area (Å²) in [4.78, 5) is 40.5. The highest BCUT2D eigenvalue weighted by molar-refractivity contribution is 6.02. The Morgan fingerprint density at radius 2 is 2.05 bits per heavy atom. The quantitative estimate of drug-likeness (QED) is 0.705. The minimum absolute atomic E-state index is 0.157. The summed E-state index contributed by atoms with van der Waals surface area (Å²) in [6.07, 6.45) is 2.74. The molecule has 0 saturated carbocycles. The van der Waals surface area contributed by atoms with Gasteiger partial charge in [-0.15, -0.1) is 0 Å². The minimum Gasteiger partial charge on any atom is -0.354 e. The number of nitrogens with zero attached hydrogens (tertiary/aromatic N) is 4. The van der Waals surface area contributed by atoms with Gasteiger partial charge in [0, 0.05) is 38.4 Å². The maximum atomic E-state index is 12.0. The lowest BCUT2D eigenvalue weighted by molar-refractivity contribution is 0.102. The number of nitrogens with one attached hydrogen (secondary N) is 3. The zero-order valence-electron chi connectivity index (χ0n) is 12.2. The van der Waals surface area contributed by atoms with Crippen molar-refractivity contribution in [2.75, 3.05) is 43.4 Å². The van der Waals surface area contributed by atoms with Crippen LogP contribution >= 0.6 is 0 Å². The Hall–Kier alpha value is -2.68. The number of anilines is 2. The molecule has 0 bridgehead atoms. The molecule has 2 aromatic heterocycles. The number of carbonyl (C=O) groups is 1. The SMILES string of the molecule is CN1CCN(c2cc(NC(=O)c3c[nH]c(=O)[nH]3)ncn2)CC1. The number of carbonyl (C=O) groups excluding carboxylic acids is 1. The van der Waals surface area contributed by atoms with Crippen LogP contribution in [0.1, 0.15) is 10.5 Å². The highest BCUT2D eigenvalue weighted by Gasteiger charge is 2.16. The van der Waals surface area contributed by atoms with E-state index in [0.29, 0.717) is 5.82 Å². The second kappa shape index (κ2) is 5.98. The predicted molar refractivity (Wildman–Crippen MR) is 81.1 cm³/mol. The van der Waals surface area contributed by atoms with Crippen LogP contribution in [0, 0.1) is 0 Å². The van der Waals surface area contributed by atoms with Gasteiger partial charge in [-0.2, -0.15) is 0 Å². The van der Waals surface area contributed by atoms with Crippen molar-refractivity contribution in [2.24, 2.45) is 0 Å². The number of piperazine rings is 1. The zero-order chi connectivity index (χ0) is 15.5. The van der Waals surface area contributed by atoms with Crippen LogP contribution in [-0.4, -0.2) is 64.0 Å². The molecule has 0 spiro atoms. The van der Waals surface area contributed by atoms with Crippen LogP contribution < -0.4 is 15.9 Å². The number of aromatic amines is 2. The van der Waals surface area contributed by atoms with Crippen LogP contribution in [0.25, 0.3) is 0 Å². The van der Waals surface area contributed by atoms with Crippen LogP contribution in [0.3, 0.4) is 0 Å². The van der Waals surface area contributed by atoms with Crippen molar-refractivity contribution in [3.05, 3.63) is 34.8 Å². The van der Waals surface area contributed by atoms with Crippen molar-refractivity contribution < 1.29 is 4.79 Å². The normalized spacial score (nSPS) is 15.8. The van der Waals surface area contributed by atoms with Gasteiger partial charge in [0.25, 0.3) is 5.91 Å². The van der Waals surface area contributed by atoms with Crippen molar-refractivity contribution in [3.8, 4) is 0 Å². The van der Waals surface area contributed by atoms with Gasteiger partial charge in [0.2, 0.25) is 0 Å². The fraction of sp³-hybridized carbons (Fsp3) is 0.385. The number of imidazole rings is 1. The second-order valence-electron chi connectivity index (χ2n) is 5.16. The van der Waals surface area contributed by atoms with E-state index < -0.39 is 11.6 Å². The number of H-pyrrole nitrogens is 2. The Labute approximate surface area is 126 Å². The number of hydrogen-bond acceptors (Lipinski definition) is 6. The van der Waals surface area contributed by atoms with Crippen molar-refractivity contribution in [1.29, 1.82) is 0 Å². The van der Waals surface area contributed by atoms with Crippen LogP contribution in [0.5, 0.6) is 0 Å². The van der Waals surface area contributed by atoms with Crippen LogP contribution in [0.2, 0.25) is 0 Å². The molecular weight excluding hydrogens is 286 g/mol. The standard InChI is InChI=1S/C13H17N7O2/c1-19-2-4-20(5-3-19)11-6-10(15-8-16-11)18-12(21)9-7-14-13(22)17-9/h6-8H,2-5H2,1H3,(H2,14,17,22)(H,15,16,18,21). The molecule has 3 rings (SSSR count).